The number of carbonyl (C=O) groups is 1. The van der Waals surface area contributed by atoms with E-state index in [9.17, 15) is 9.90 Å². The molecular weight excluding hydrogens is 238 g/mol. The van der Waals surface area contributed by atoms with Gasteiger partial charge in [-0.25, -0.2) is 0 Å². The van der Waals surface area contributed by atoms with Gasteiger partial charge in [-0.15, -0.1) is 0 Å². The molecule has 0 unspecified atom stereocenters. The minimum absolute atomic E-state index is 0.0987. The number of ether oxygens (including phenoxy) is 2. The third-order valence-electron chi connectivity index (χ3n) is 3.35. The molecule has 1 aliphatic heterocycles. The second-order valence-corrected chi connectivity index (χ2v) is 4.67. The van der Waals surface area contributed by atoms with Gasteiger partial charge in [0.1, 0.15) is 6.10 Å². The fraction of sp³-hybridized carbons (Fsp3) is 0.917. The van der Waals surface area contributed by atoms with Gasteiger partial charge in [0, 0.05) is 19.1 Å². The highest BCUT2D eigenvalue weighted by atomic mass is 16.6. The highest BCUT2D eigenvalue weighted by Gasteiger charge is 2.41. The number of aliphatic hydroxyl groups excluding tert-OH is 2. The van der Waals surface area contributed by atoms with Gasteiger partial charge in [0.25, 0.3) is 0 Å². The molecule has 3 N–H and O–H groups in total. The number of hydrogen-bond acceptors (Lipinski definition) is 5. The predicted octanol–water partition coefficient (Wildman–Crippen LogP) is -0.716. The van der Waals surface area contributed by atoms with Gasteiger partial charge in [-0.05, 0) is 13.3 Å². The largest absolute Gasteiger partial charge is 0.394 e. The summed E-state index contributed by atoms with van der Waals surface area (Å²) in [7, 11) is 0. The summed E-state index contributed by atoms with van der Waals surface area (Å²) < 4.78 is 11.2. The van der Waals surface area contributed by atoms with E-state index in [-0.39, 0.29) is 30.8 Å². The van der Waals surface area contributed by atoms with Gasteiger partial charge in [0.15, 0.2) is 0 Å². The average Bonchev–Trinajstić information content (AvgIpc) is 2.37. The van der Waals surface area contributed by atoms with E-state index in [0.29, 0.717) is 26.0 Å². The molecule has 6 heteroatoms. The zero-order chi connectivity index (χ0) is 13.5. The first-order valence-electron chi connectivity index (χ1n) is 6.34. The van der Waals surface area contributed by atoms with E-state index in [0.717, 1.165) is 0 Å². The Bertz CT molecular complexity index is 251. The lowest BCUT2D eigenvalue weighted by Gasteiger charge is -2.41. The number of hydrogen-bond donors (Lipinski definition) is 3. The van der Waals surface area contributed by atoms with Crippen LogP contribution in [0.5, 0.6) is 0 Å². The van der Waals surface area contributed by atoms with Crippen LogP contribution in [0, 0.1) is 5.92 Å². The maximum absolute atomic E-state index is 10.1. The maximum atomic E-state index is 10.1. The van der Waals surface area contributed by atoms with Crippen LogP contribution in [-0.2, 0) is 14.3 Å². The molecular formula is C12H23NO5. The summed E-state index contributed by atoms with van der Waals surface area (Å²) in [4.78, 5) is 10.1. The van der Waals surface area contributed by atoms with E-state index in [4.69, 9.17) is 14.6 Å². The lowest BCUT2D eigenvalue weighted by Crippen LogP contribution is -2.54. The Balaban J connectivity index is 2.37. The highest BCUT2D eigenvalue weighted by molar-refractivity contribution is 5.45. The van der Waals surface area contributed by atoms with Crippen molar-refractivity contribution in [1.82, 2.24) is 5.32 Å². The van der Waals surface area contributed by atoms with Crippen molar-refractivity contribution in [2.24, 2.45) is 5.92 Å². The molecule has 5 atom stereocenters. The van der Waals surface area contributed by atoms with E-state index in [1.807, 2.05) is 13.8 Å². The molecule has 18 heavy (non-hydrogen) atoms. The summed E-state index contributed by atoms with van der Waals surface area (Å²) in [5, 5.41) is 21.8. The van der Waals surface area contributed by atoms with E-state index >= 15 is 0 Å². The summed E-state index contributed by atoms with van der Waals surface area (Å²) in [6.45, 7) is 4.57. The van der Waals surface area contributed by atoms with Gasteiger partial charge >= 0.3 is 0 Å². The zero-order valence-electron chi connectivity index (χ0n) is 10.9. The van der Waals surface area contributed by atoms with Crippen LogP contribution >= 0.6 is 0 Å². The predicted molar refractivity (Wildman–Crippen MR) is 65.0 cm³/mol. The Labute approximate surface area is 107 Å². The van der Waals surface area contributed by atoms with Crippen LogP contribution in [0.4, 0.5) is 0 Å². The second-order valence-electron chi connectivity index (χ2n) is 4.67. The van der Waals surface area contributed by atoms with Crippen LogP contribution in [0.25, 0.3) is 0 Å². The Morgan fingerprint density at radius 3 is 2.78 bits per heavy atom. The molecule has 6 nitrogen and oxygen atoms in total. The third kappa shape index (κ3) is 3.91. The van der Waals surface area contributed by atoms with Crippen LogP contribution in [0.15, 0.2) is 0 Å². The number of nitrogens with one attached hydrogen (secondary N) is 1. The van der Waals surface area contributed by atoms with Gasteiger partial charge in [0.05, 0.1) is 24.9 Å². The lowest BCUT2D eigenvalue weighted by molar-refractivity contribution is -0.213. The fourth-order valence-electron chi connectivity index (χ4n) is 2.17. The highest BCUT2D eigenvalue weighted by Crippen LogP contribution is 2.27. The van der Waals surface area contributed by atoms with E-state index in [2.05, 4.69) is 5.32 Å². The molecule has 0 aromatic heterocycles. The fourth-order valence-corrected chi connectivity index (χ4v) is 2.17. The molecule has 1 fully saturated rings. The molecule has 0 aromatic rings. The molecule has 1 saturated heterocycles. The Morgan fingerprint density at radius 2 is 2.17 bits per heavy atom. The number of amides is 1. The van der Waals surface area contributed by atoms with Gasteiger partial charge in [0.2, 0.25) is 6.41 Å². The van der Waals surface area contributed by atoms with Crippen molar-refractivity contribution in [2.45, 2.75) is 44.7 Å². The van der Waals surface area contributed by atoms with Crippen molar-refractivity contribution in [3.05, 3.63) is 0 Å². The normalized spacial score (nSPS) is 36.3. The van der Waals surface area contributed by atoms with Crippen molar-refractivity contribution >= 4 is 6.41 Å². The smallest absolute Gasteiger partial charge is 0.207 e. The SMILES string of the molecule is C[C@H]1[C@H](O)[C@@H](OCCCNC=O)[C@@H](C)O[C@@H]1CO. The number of aliphatic hydroxyl groups is 2. The van der Waals surface area contributed by atoms with Crippen LogP contribution in [0.1, 0.15) is 20.3 Å². The minimum Gasteiger partial charge on any atom is -0.394 e. The number of carbonyl (C=O) groups excluding carboxylic acids is 1. The molecule has 1 amide bonds. The number of rotatable bonds is 7. The Morgan fingerprint density at radius 1 is 1.44 bits per heavy atom. The Kier molecular flexibility index (Phi) is 6.56. The zero-order valence-corrected chi connectivity index (χ0v) is 10.9. The van der Waals surface area contributed by atoms with Crippen molar-refractivity contribution in [2.75, 3.05) is 19.8 Å². The first-order chi connectivity index (χ1) is 8.61. The average molecular weight is 261 g/mol. The van der Waals surface area contributed by atoms with E-state index in [1.165, 1.54) is 0 Å². The standard InChI is InChI=1S/C12H23NO5/c1-8-10(6-14)18-9(2)12(11(8)16)17-5-3-4-13-7-15/h7-12,14,16H,3-6H2,1-2H3,(H,13,15)/t8-,9-,10-,11+,12+/m1/s1. The molecule has 106 valence electrons. The monoisotopic (exact) mass is 261 g/mol. The van der Waals surface area contributed by atoms with Crippen LogP contribution in [0.3, 0.4) is 0 Å². The summed E-state index contributed by atoms with van der Waals surface area (Å²) >= 11 is 0. The van der Waals surface area contributed by atoms with Gasteiger partial charge < -0.3 is 25.0 Å². The van der Waals surface area contributed by atoms with Crippen molar-refractivity contribution in [1.29, 1.82) is 0 Å². The Hall–Kier alpha value is -0.690. The van der Waals surface area contributed by atoms with E-state index < -0.39 is 6.10 Å². The van der Waals surface area contributed by atoms with E-state index in [1.54, 1.807) is 0 Å². The van der Waals surface area contributed by atoms with Crippen molar-refractivity contribution in [3.63, 3.8) is 0 Å². The molecule has 0 spiro atoms. The molecule has 1 heterocycles. The molecule has 1 rings (SSSR count). The first-order valence-corrected chi connectivity index (χ1v) is 6.34. The molecule has 0 saturated carbocycles. The summed E-state index contributed by atoms with van der Waals surface area (Å²) in [6.07, 6.45) is -0.301. The summed E-state index contributed by atoms with van der Waals surface area (Å²) in [6, 6.07) is 0. The third-order valence-corrected chi connectivity index (χ3v) is 3.35. The summed E-state index contributed by atoms with van der Waals surface area (Å²) in [5.74, 6) is -0.163. The second kappa shape index (κ2) is 7.68. The lowest BCUT2D eigenvalue weighted by atomic mass is 9.88. The van der Waals surface area contributed by atoms with Crippen LogP contribution in [0.2, 0.25) is 0 Å². The molecule has 0 radical (unpaired) electrons. The van der Waals surface area contributed by atoms with Crippen LogP contribution < -0.4 is 5.32 Å². The molecule has 0 bridgehead atoms. The maximum Gasteiger partial charge on any atom is 0.207 e. The molecule has 1 aliphatic rings. The quantitative estimate of drug-likeness (QED) is 0.416. The summed E-state index contributed by atoms with van der Waals surface area (Å²) in [5.41, 5.74) is 0. The van der Waals surface area contributed by atoms with Crippen molar-refractivity contribution < 1.29 is 24.5 Å². The van der Waals surface area contributed by atoms with Crippen LogP contribution in [-0.4, -0.2) is 60.8 Å². The van der Waals surface area contributed by atoms with Gasteiger partial charge in [-0.2, -0.15) is 0 Å². The molecule has 0 aromatic carbocycles. The topological polar surface area (TPSA) is 88.0 Å². The van der Waals surface area contributed by atoms with Crippen molar-refractivity contribution in [3.8, 4) is 0 Å². The van der Waals surface area contributed by atoms with Gasteiger partial charge in [-0.1, -0.05) is 6.92 Å². The van der Waals surface area contributed by atoms with Gasteiger partial charge in [-0.3, -0.25) is 4.79 Å². The molecule has 0 aliphatic carbocycles. The minimum atomic E-state index is -0.648. The first kappa shape index (κ1) is 15.4.